The molecule has 0 rings (SSSR count). The van der Waals surface area contributed by atoms with Crippen LogP contribution in [0.5, 0.6) is 0 Å². The first kappa shape index (κ1) is 8.96. The van der Waals surface area contributed by atoms with E-state index in [4.69, 9.17) is 5.11 Å². The van der Waals surface area contributed by atoms with Crippen LogP contribution in [-0.4, -0.2) is 11.7 Å². The predicted molar refractivity (Wildman–Crippen MR) is 40.3 cm³/mol. The lowest BCUT2D eigenvalue weighted by Gasteiger charge is -2.15. The quantitative estimate of drug-likeness (QED) is 0.617. The fourth-order valence-electron chi connectivity index (χ4n) is 0.891. The summed E-state index contributed by atoms with van der Waals surface area (Å²) in [5.74, 6) is 1.44. The second-order valence-corrected chi connectivity index (χ2v) is 2.88. The van der Waals surface area contributed by atoms with Crippen molar-refractivity contribution in [1.29, 1.82) is 0 Å². The number of rotatable bonds is 4. The predicted octanol–water partition coefficient (Wildman–Crippen LogP) is 2.05. The summed E-state index contributed by atoms with van der Waals surface area (Å²) in [6.45, 7) is 6.97. The van der Waals surface area contributed by atoms with E-state index < -0.39 is 0 Å². The van der Waals surface area contributed by atoms with Crippen LogP contribution in [0, 0.1) is 11.8 Å². The fraction of sp³-hybridized carbons (Fsp3) is 1.00. The van der Waals surface area contributed by atoms with E-state index in [9.17, 15) is 0 Å². The van der Waals surface area contributed by atoms with Gasteiger partial charge in [-0.05, 0) is 18.3 Å². The summed E-state index contributed by atoms with van der Waals surface area (Å²) in [7, 11) is 0. The maximum absolute atomic E-state index is 8.58. The third-order valence-corrected chi connectivity index (χ3v) is 2.20. The zero-order valence-electron chi connectivity index (χ0n) is 6.72. The molecular weight excluding hydrogens is 112 g/mol. The third-order valence-electron chi connectivity index (χ3n) is 2.20. The summed E-state index contributed by atoms with van der Waals surface area (Å²) in [4.78, 5) is 0. The Labute approximate surface area is 58.1 Å². The van der Waals surface area contributed by atoms with Gasteiger partial charge in [-0.3, -0.25) is 0 Å². The topological polar surface area (TPSA) is 20.2 Å². The van der Waals surface area contributed by atoms with Gasteiger partial charge in [0, 0.05) is 6.61 Å². The molecule has 2 unspecified atom stereocenters. The number of aliphatic hydroxyl groups is 1. The van der Waals surface area contributed by atoms with Crippen molar-refractivity contribution in [3.8, 4) is 0 Å². The van der Waals surface area contributed by atoms with Gasteiger partial charge in [0.1, 0.15) is 0 Å². The Hall–Kier alpha value is -0.0400. The van der Waals surface area contributed by atoms with Gasteiger partial charge in [0.05, 0.1) is 0 Å². The average molecular weight is 130 g/mol. The molecule has 0 aliphatic heterocycles. The van der Waals surface area contributed by atoms with Crippen LogP contribution in [0.25, 0.3) is 0 Å². The van der Waals surface area contributed by atoms with Gasteiger partial charge in [-0.1, -0.05) is 27.2 Å². The second kappa shape index (κ2) is 4.80. The highest BCUT2D eigenvalue weighted by molar-refractivity contribution is 4.58. The van der Waals surface area contributed by atoms with Crippen molar-refractivity contribution < 1.29 is 5.11 Å². The van der Waals surface area contributed by atoms with Gasteiger partial charge >= 0.3 is 0 Å². The van der Waals surface area contributed by atoms with E-state index in [0.717, 1.165) is 12.3 Å². The van der Waals surface area contributed by atoms with Crippen LogP contribution in [0.2, 0.25) is 0 Å². The standard InChI is InChI=1S/C8H18O/c1-4-7(2)8(3)5-6-9/h7-9H,4-6H2,1-3H3. The van der Waals surface area contributed by atoms with Crippen LogP contribution in [0.1, 0.15) is 33.6 Å². The molecule has 1 nitrogen and oxygen atoms in total. The minimum atomic E-state index is 0.339. The molecule has 0 radical (unpaired) electrons. The molecule has 0 spiro atoms. The minimum absolute atomic E-state index is 0.339. The van der Waals surface area contributed by atoms with E-state index in [0.29, 0.717) is 12.5 Å². The van der Waals surface area contributed by atoms with Gasteiger partial charge in [-0.2, -0.15) is 0 Å². The van der Waals surface area contributed by atoms with Crippen molar-refractivity contribution in [2.45, 2.75) is 33.6 Å². The van der Waals surface area contributed by atoms with Crippen molar-refractivity contribution in [3.05, 3.63) is 0 Å². The molecule has 0 amide bonds. The average Bonchev–Trinajstić information content (AvgIpc) is 1.87. The Morgan fingerprint density at radius 1 is 1.22 bits per heavy atom. The van der Waals surface area contributed by atoms with Gasteiger partial charge < -0.3 is 5.11 Å². The summed E-state index contributed by atoms with van der Waals surface area (Å²) in [5.41, 5.74) is 0. The van der Waals surface area contributed by atoms with Gasteiger partial charge in [-0.15, -0.1) is 0 Å². The van der Waals surface area contributed by atoms with E-state index in [1.54, 1.807) is 0 Å². The van der Waals surface area contributed by atoms with Crippen molar-refractivity contribution in [2.75, 3.05) is 6.61 Å². The summed E-state index contributed by atoms with van der Waals surface area (Å²) < 4.78 is 0. The molecule has 0 aromatic heterocycles. The van der Waals surface area contributed by atoms with Gasteiger partial charge in [0.15, 0.2) is 0 Å². The molecule has 0 aromatic carbocycles. The molecule has 0 bridgehead atoms. The molecule has 0 aliphatic rings. The number of aliphatic hydroxyl groups excluding tert-OH is 1. The maximum Gasteiger partial charge on any atom is 0.0433 e. The van der Waals surface area contributed by atoms with Crippen LogP contribution in [0.3, 0.4) is 0 Å². The van der Waals surface area contributed by atoms with E-state index in [1.165, 1.54) is 6.42 Å². The van der Waals surface area contributed by atoms with Crippen molar-refractivity contribution >= 4 is 0 Å². The number of hydrogen-bond donors (Lipinski definition) is 1. The lowest BCUT2D eigenvalue weighted by atomic mass is 9.91. The smallest absolute Gasteiger partial charge is 0.0433 e. The highest BCUT2D eigenvalue weighted by Gasteiger charge is 2.07. The lowest BCUT2D eigenvalue weighted by Crippen LogP contribution is -2.08. The lowest BCUT2D eigenvalue weighted by molar-refractivity contribution is 0.233. The molecule has 56 valence electrons. The van der Waals surface area contributed by atoms with Gasteiger partial charge in [-0.25, -0.2) is 0 Å². The van der Waals surface area contributed by atoms with Crippen molar-refractivity contribution in [3.63, 3.8) is 0 Å². The maximum atomic E-state index is 8.58. The van der Waals surface area contributed by atoms with E-state index in [2.05, 4.69) is 20.8 Å². The Balaban J connectivity index is 3.32. The Morgan fingerprint density at radius 2 is 1.78 bits per heavy atom. The highest BCUT2D eigenvalue weighted by atomic mass is 16.3. The summed E-state index contributed by atoms with van der Waals surface area (Å²) in [6.07, 6.45) is 2.18. The van der Waals surface area contributed by atoms with E-state index in [1.807, 2.05) is 0 Å². The number of hydrogen-bond acceptors (Lipinski definition) is 1. The normalized spacial score (nSPS) is 17.3. The van der Waals surface area contributed by atoms with Crippen LogP contribution in [0.15, 0.2) is 0 Å². The summed E-state index contributed by atoms with van der Waals surface area (Å²) >= 11 is 0. The Bertz CT molecular complexity index is 61.6. The van der Waals surface area contributed by atoms with E-state index in [-0.39, 0.29) is 0 Å². The van der Waals surface area contributed by atoms with Crippen molar-refractivity contribution in [1.82, 2.24) is 0 Å². The molecule has 0 saturated carbocycles. The van der Waals surface area contributed by atoms with Crippen LogP contribution < -0.4 is 0 Å². The monoisotopic (exact) mass is 130 g/mol. The molecule has 9 heavy (non-hydrogen) atoms. The Morgan fingerprint density at radius 3 is 2.11 bits per heavy atom. The Kier molecular flexibility index (Phi) is 4.78. The molecule has 1 heteroatoms. The fourth-order valence-corrected chi connectivity index (χ4v) is 0.891. The molecular formula is C8H18O. The molecule has 0 heterocycles. The highest BCUT2D eigenvalue weighted by Crippen LogP contribution is 2.16. The van der Waals surface area contributed by atoms with Gasteiger partial charge in [0.25, 0.3) is 0 Å². The van der Waals surface area contributed by atoms with Crippen LogP contribution in [-0.2, 0) is 0 Å². The first-order valence-corrected chi connectivity index (χ1v) is 3.83. The summed E-state index contributed by atoms with van der Waals surface area (Å²) in [5, 5.41) is 8.58. The molecule has 0 aromatic rings. The van der Waals surface area contributed by atoms with Crippen LogP contribution >= 0.6 is 0 Å². The molecule has 0 aliphatic carbocycles. The van der Waals surface area contributed by atoms with E-state index >= 15 is 0 Å². The summed E-state index contributed by atoms with van der Waals surface area (Å²) in [6, 6.07) is 0. The first-order valence-electron chi connectivity index (χ1n) is 3.83. The van der Waals surface area contributed by atoms with Gasteiger partial charge in [0.2, 0.25) is 0 Å². The molecule has 2 atom stereocenters. The largest absolute Gasteiger partial charge is 0.396 e. The third kappa shape index (κ3) is 3.52. The zero-order valence-corrected chi connectivity index (χ0v) is 6.72. The molecule has 0 saturated heterocycles. The van der Waals surface area contributed by atoms with Crippen molar-refractivity contribution in [2.24, 2.45) is 11.8 Å². The zero-order chi connectivity index (χ0) is 7.28. The molecule has 0 fully saturated rings. The second-order valence-electron chi connectivity index (χ2n) is 2.88. The SMILES string of the molecule is CCC(C)C(C)CCO. The molecule has 1 N–H and O–H groups in total. The minimum Gasteiger partial charge on any atom is -0.396 e. The first-order chi connectivity index (χ1) is 4.22. The van der Waals surface area contributed by atoms with Crippen LogP contribution in [0.4, 0.5) is 0 Å².